The molecule has 2 aromatic rings. The number of carbonyl (C=O) groups is 2. The molecule has 0 bridgehead atoms. The number of urea groups is 1. The van der Waals surface area contributed by atoms with Crippen molar-refractivity contribution in [3.8, 4) is 0 Å². The number of likely N-dealkylation sites (tertiary alicyclic amines) is 1. The number of carbonyl (C=O) groups excluding carboxylic acids is 2. The topological polar surface area (TPSA) is 100 Å². The van der Waals surface area contributed by atoms with Gasteiger partial charge < -0.3 is 20.1 Å². The third kappa shape index (κ3) is 3.34. The largest absolute Gasteiger partial charge is 0.355 e. The van der Waals surface area contributed by atoms with Gasteiger partial charge in [-0.2, -0.15) is 0 Å². The van der Waals surface area contributed by atoms with Crippen LogP contribution in [0.25, 0.3) is 11.1 Å². The Balaban J connectivity index is 1.50. The highest BCUT2D eigenvalue weighted by atomic mass is 16.5. The summed E-state index contributed by atoms with van der Waals surface area (Å²) in [4.78, 5) is 32.0. The molecule has 3 aliphatic rings. The molecule has 3 heterocycles. The predicted octanol–water partition coefficient (Wildman–Crippen LogP) is 3.25. The number of amides is 3. The van der Waals surface area contributed by atoms with E-state index in [9.17, 15) is 9.59 Å². The van der Waals surface area contributed by atoms with Gasteiger partial charge in [0.15, 0.2) is 0 Å². The van der Waals surface area contributed by atoms with Crippen molar-refractivity contribution in [2.75, 3.05) is 13.6 Å². The maximum Gasteiger partial charge on any atom is 0.318 e. The standard InChI is InChI=1S/C21H27N5O3/c1-22-19(27)14-11-15(12-8-9-12)24-20-17(14)18(25-29-20)16-7-4-10-26(16)21(28)23-13-5-2-3-6-13/h11-13,16H,2-10H2,1H3,(H,22,27)(H,23,28). The third-order valence-electron chi connectivity index (χ3n) is 6.47. The van der Waals surface area contributed by atoms with Crippen LogP contribution < -0.4 is 10.6 Å². The molecule has 8 heteroatoms. The second-order valence-electron chi connectivity index (χ2n) is 8.48. The Kier molecular flexibility index (Phi) is 4.64. The molecule has 2 N–H and O–H groups in total. The molecule has 1 saturated heterocycles. The maximum absolute atomic E-state index is 12.9. The van der Waals surface area contributed by atoms with Gasteiger partial charge in [-0.1, -0.05) is 18.0 Å². The van der Waals surface area contributed by atoms with Crippen molar-refractivity contribution < 1.29 is 14.1 Å². The van der Waals surface area contributed by atoms with Crippen LogP contribution in [0.15, 0.2) is 10.6 Å². The molecule has 0 radical (unpaired) electrons. The van der Waals surface area contributed by atoms with E-state index in [0.29, 0.717) is 34.8 Å². The number of hydrogen-bond donors (Lipinski definition) is 2. The molecule has 1 unspecified atom stereocenters. The summed E-state index contributed by atoms with van der Waals surface area (Å²) in [5.74, 6) is 0.222. The smallest absolute Gasteiger partial charge is 0.318 e. The Morgan fingerprint density at radius 2 is 1.93 bits per heavy atom. The molecule has 8 nitrogen and oxygen atoms in total. The molecule has 154 valence electrons. The van der Waals surface area contributed by atoms with Gasteiger partial charge in [-0.15, -0.1) is 0 Å². The van der Waals surface area contributed by atoms with Crippen molar-refractivity contribution in [3.05, 3.63) is 23.0 Å². The van der Waals surface area contributed by atoms with Gasteiger partial charge in [0.1, 0.15) is 5.69 Å². The highest BCUT2D eigenvalue weighted by Gasteiger charge is 2.37. The molecule has 5 rings (SSSR count). The van der Waals surface area contributed by atoms with Crippen LogP contribution in [0, 0.1) is 0 Å². The molecular weight excluding hydrogens is 370 g/mol. The van der Waals surface area contributed by atoms with Gasteiger partial charge in [0.25, 0.3) is 11.6 Å². The summed E-state index contributed by atoms with van der Waals surface area (Å²) in [6.45, 7) is 0.681. The number of hydrogen-bond acceptors (Lipinski definition) is 5. The first-order valence-electron chi connectivity index (χ1n) is 10.7. The van der Waals surface area contributed by atoms with E-state index in [4.69, 9.17) is 4.52 Å². The van der Waals surface area contributed by atoms with Gasteiger partial charge in [0.2, 0.25) is 0 Å². The molecule has 3 amide bonds. The highest BCUT2D eigenvalue weighted by molar-refractivity contribution is 6.06. The van der Waals surface area contributed by atoms with Crippen molar-refractivity contribution in [2.24, 2.45) is 0 Å². The third-order valence-corrected chi connectivity index (χ3v) is 6.47. The zero-order valence-corrected chi connectivity index (χ0v) is 16.7. The molecule has 1 aliphatic heterocycles. The fourth-order valence-corrected chi connectivity index (χ4v) is 4.74. The van der Waals surface area contributed by atoms with E-state index < -0.39 is 0 Å². The van der Waals surface area contributed by atoms with E-state index >= 15 is 0 Å². The molecule has 1 atom stereocenters. The summed E-state index contributed by atoms with van der Waals surface area (Å²) in [5, 5.41) is 10.8. The van der Waals surface area contributed by atoms with E-state index in [0.717, 1.165) is 44.2 Å². The molecule has 3 fully saturated rings. The van der Waals surface area contributed by atoms with E-state index in [1.165, 1.54) is 12.8 Å². The van der Waals surface area contributed by atoms with E-state index in [1.54, 1.807) is 7.05 Å². The summed E-state index contributed by atoms with van der Waals surface area (Å²) in [6, 6.07) is 1.90. The summed E-state index contributed by atoms with van der Waals surface area (Å²) in [6.07, 6.45) is 8.32. The normalized spacial score (nSPS) is 22.4. The molecular formula is C21H27N5O3. The summed E-state index contributed by atoms with van der Waals surface area (Å²) < 4.78 is 5.58. The van der Waals surface area contributed by atoms with Crippen molar-refractivity contribution in [3.63, 3.8) is 0 Å². The van der Waals surface area contributed by atoms with Gasteiger partial charge in [-0.25, -0.2) is 9.78 Å². The van der Waals surface area contributed by atoms with E-state index in [1.807, 2.05) is 11.0 Å². The van der Waals surface area contributed by atoms with Gasteiger partial charge in [0.05, 0.1) is 17.0 Å². The fourth-order valence-electron chi connectivity index (χ4n) is 4.74. The first-order chi connectivity index (χ1) is 14.2. The first-order valence-corrected chi connectivity index (χ1v) is 10.7. The number of rotatable bonds is 4. The minimum atomic E-state index is -0.199. The quantitative estimate of drug-likeness (QED) is 0.825. The van der Waals surface area contributed by atoms with Crippen molar-refractivity contribution in [2.45, 2.75) is 69.4 Å². The van der Waals surface area contributed by atoms with Crippen molar-refractivity contribution in [1.29, 1.82) is 0 Å². The van der Waals surface area contributed by atoms with Crippen LogP contribution in [0.1, 0.15) is 85.1 Å². The molecule has 2 saturated carbocycles. The summed E-state index contributed by atoms with van der Waals surface area (Å²) in [5.41, 5.74) is 2.47. The van der Waals surface area contributed by atoms with Gasteiger partial charge in [-0.3, -0.25) is 4.79 Å². The summed E-state index contributed by atoms with van der Waals surface area (Å²) in [7, 11) is 1.62. The second-order valence-corrected chi connectivity index (χ2v) is 8.48. The Labute approximate surface area is 169 Å². The van der Waals surface area contributed by atoms with E-state index in [-0.39, 0.29) is 24.0 Å². The number of aromatic nitrogens is 2. The van der Waals surface area contributed by atoms with Crippen LogP contribution in [0.3, 0.4) is 0 Å². The van der Waals surface area contributed by atoms with Gasteiger partial charge in [-0.05, 0) is 44.6 Å². The van der Waals surface area contributed by atoms with Crippen LogP contribution in [0.5, 0.6) is 0 Å². The first kappa shape index (κ1) is 18.4. The molecule has 2 aliphatic carbocycles. The lowest BCUT2D eigenvalue weighted by Gasteiger charge is -2.25. The zero-order valence-electron chi connectivity index (χ0n) is 16.7. The van der Waals surface area contributed by atoms with Crippen LogP contribution in [-0.4, -0.2) is 46.6 Å². The second kappa shape index (κ2) is 7.31. The van der Waals surface area contributed by atoms with Crippen LogP contribution in [0.4, 0.5) is 4.79 Å². The fraction of sp³-hybridized carbons (Fsp3) is 0.619. The average Bonchev–Trinajstić information content (AvgIpc) is 3.11. The Morgan fingerprint density at radius 3 is 2.66 bits per heavy atom. The van der Waals surface area contributed by atoms with E-state index in [2.05, 4.69) is 20.8 Å². The molecule has 29 heavy (non-hydrogen) atoms. The molecule has 0 spiro atoms. The Morgan fingerprint density at radius 1 is 1.14 bits per heavy atom. The maximum atomic E-state index is 12.9. The Hall–Kier alpha value is -2.64. The van der Waals surface area contributed by atoms with Crippen molar-refractivity contribution >= 4 is 23.0 Å². The minimum Gasteiger partial charge on any atom is -0.355 e. The van der Waals surface area contributed by atoms with Crippen LogP contribution in [-0.2, 0) is 0 Å². The SMILES string of the molecule is CNC(=O)c1cc(C2CC2)nc2onc(C3CCCN3C(=O)NC3CCCC3)c12. The minimum absolute atomic E-state index is 0.0420. The van der Waals surface area contributed by atoms with Crippen LogP contribution in [0.2, 0.25) is 0 Å². The van der Waals surface area contributed by atoms with Crippen molar-refractivity contribution in [1.82, 2.24) is 25.7 Å². The van der Waals surface area contributed by atoms with Crippen LogP contribution >= 0.6 is 0 Å². The van der Waals surface area contributed by atoms with Gasteiger partial charge in [0, 0.05) is 31.2 Å². The number of pyridine rings is 1. The molecule has 2 aromatic heterocycles. The monoisotopic (exact) mass is 397 g/mol. The lowest BCUT2D eigenvalue weighted by Crippen LogP contribution is -2.43. The zero-order chi connectivity index (χ0) is 20.0. The lowest BCUT2D eigenvalue weighted by atomic mass is 10.0. The average molecular weight is 397 g/mol. The predicted molar refractivity (Wildman–Crippen MR) is 107 cm³/mol. The number of nitrogens with one attached hydrogen (secondary N) is 2. The Bertz CT molecular complexity index is 945. The van der Waals surface area contributed by atoms with Gasteiger partial charge >= 0.3 is 6.03 Å². The number of nitrogens with zero attached hydrogens (tertiary/aromatic N) is 3. The molecule has 0 aromatic carbocycles. The highest BCUT2D eigenvalue weighted by Crippen LogP contribution is 2.42. The lowest BCUT2D eigenvalue weighted by molar-refractivity contribution is 0.0964. The number of fused-ring (bicyclic) bond motifs is 1. The summed E-state index contributed by atoms with van der Waals surface area (Å²) >= 11 is 0.